The second-order valence-corrected chi connectivity index (χ2v) is 8.26. The van der Waals surface area contributed by atoms with Crippen LogP contribution >= 0.6 is 0 Å². The third-order valence-electron chi connectivity index (χ3n) is 5.79. The first kappa shape index (κ1) is 22.5. The lowest BCUT2D eigenvalue weighted by Gasteiger charge is -2.48. The molecule has 3 N–H and O–H groups in total. The summed E-state index contributed by atoms with van der Waals surface area (Å²) in [7, 11) is 0. The van der Waals surface area contributed by atoms with Crippen LogP contribution in [-0.2, 0) is 0 Å². The molecule has 0 heterocycles. The van der Waals surface area contributed by atoms with E-state index in [-0.39, 0.29) is 23.4 Å². The summed E-state index contributed by atoms with van der Waals surface area (Å²) in [5.41, 5.74) is 5.14. The zero-order valence-corrected chi connectivity index (χ0v) is 16.0. The van der Waals surface area contributed by atoms with Gasteiger partial charge in [0, 0.05) is 5.41 Å². The van der Waals surface area contributed by atoms with Gasteiger partial charge in [-0.25, -0.2) is 0 Å². The minimum atomic E-state index is 0. The van der Waals surface area contributed by atoms with Gasteiger partial charge in [-0.15, -0.1) is 0 Å². The first-order valence-electron chi connectivity index (χ1n) is 8.41. The van der Waals surface area contributed by atoms with Gasteiger partial charge in [0.25, 0.3) is 0 Å². The Morgan fingerprint density at radius 2 is 1.10 bits per heavy atom. The summed E-state index contributed by atoms with van der Waals surface area (Å²) >= 11 is 0. The van der Waals surface area contributed by atoms with E-state index in [1.54, 1.807) is 0 Å². The molecule has 2 heteroatoms. The van der Waals surface area contributed by atoms with Gasteiger partial charge >= 0.3 is 0 Å². The van der Waals surface area contributed by atoms with E-state index in [1.165, 1.54) is 51.4 Å². The molecule has 0 aliphatic rings. The molecule has 0 amide bonds. The molecule has 0 unspecified atom stereocenters. The van der Waals surface area contributed by atoms with Crippen molar-refractivity contribution < 1.29 is 18.1 Å². The van der Waals surface area contributed by atoms with Gasteiger partial charge in [0.05, 0.1) is 5.54 Å². The summed E-state index contributed by atoms with van der Waals surface area (Å²) in [6.07, 6.45) is 11.1. The van der Waals surface area contributed by atoms with Crippen LogP contribution < -0.4 is 18.1 Å². The van der Waals surface area contributed by atoms with Crippen LogP contribution in [0.15, 0.2) is 0 Å². The molecule has 0 aliphatic carbocycles. The predicted molar refractivity (Wildman–Crippen MR) is 87.1 cm³/mol. The van der Waals surface area contributed by atoms with Gasteiger partial charge in [0.1, 0.15) is 0 Å². The maximum absolute atomic E-state index is 4.39. The van der Waals surface area contributed by atoms with Crippen LogP contribution in [0.4, 0.5) is 0 Å². The maximum atomic E-state index is 4.39. The van der Waals surface area contributed by atoms with Crippen molar-refractivity contribution in [2.24, 2.45) is 10.8 Å². The number of hydrogen-bond acceptors (Lipinski definition) is 0. The Kier molecular flexibility index (Phi) is 10.5. The summed E-state index contributed by atoms with van der Waals surface area (Å²) < 4.78 is 0. The molecule has 0 saturated carbocycles. The number of rotatable bonds is 10. The van der Waals surface area contributed by atoms with E-state index >= 15 is 0 Å². The molecule has 124 valence electrons. The van der Waals surface area contributed by atoms with Crippen molar-refractivity contribution in [1.82, 2.24) is 0 Å². The molecule has 0 atom stereocenters. The zero-order valence-electron chi connectivity index (χ0n) is 15.2. The van der Waals surface area contributed by atoms with E-state index in [0.29, 0.717) is 5.41 Å². The van der Waals surface area contributed by atoms with Crippen LogP contribution in [0.2, 0.25) is 0 Å². The topological polar surface area (TPSA) is 27.6 Å². The molecule has 0 aromatic heterocycles. The summed E-state index contributed by atoms with van der Waals surface area (Å²) in [5, 5.41) is 0. The van der Waals surface area contributed by atoms with Crippen molar-refractivity contribution in [3.8, 4) is 0 Å². The Balaban J connectivity index is 0. The van der Waals surface area contributed by atoms with E-state index in [9.17, 15) is 0 Å². The fourth-order valence-corrected chi connectivity index (χ4v) is 2.75. The molecule has 20 heavy (non-hydrogen) atoms. The number of unbranched alkanes of at least 4 members (excludes halogenated alkanes) is 6. The Bertz CT molecular complexity index is 238. The zero-order chi connectivity index (χ0) is 15.2. The molecule has 0 fully saturated rings. The van der Waals surface area contributed by atoms with Gasteiger partial charge < -0.3 is 18.1 Å². The van der Waals surface area contributed by atoms with Crippen molar-refractivity contribution in [3.05, 3.63) is 0 Å². The highest BCUT2D eigenvalue weighted by atomic mass is 35.5. The van der Waals surface area contributed by atoms with Gasteiger partial charge in [-0.2, -0.15) is 0 Å². The normalized spacial score (nSPS) is 13.2. The van der Waals surface area contributed by atoms with E-state index in [2.05, 4.69) is 54.2 Å². The first-order valence-corrected chi connectivity index (χ1v) is 8.41. The first-order chi connectivity index (χ1) is 8.56. The average Bonchev–Trinajstić information content (AvgIpc) is 2.26. The Morgan fingerprint density at radius 3 is 1.50 bits per heavy atom. The van der Waals surface area contributed by atoms with Gasteiger partial charge in [-0.05, 0) is 25.7 Å². The Hall–Kier alpha value is 0.250. The predicted octanol–water partition coefficient (Wildman–Crippen LogP) is 2.20. The highest BCUT2D eigenvalue weighted by Gasteiger charge is 2.48. The van der Waals surface area contributed by atoms with Crippen molar-refractivity contribution in [2.45, 2.75) is 105 Å². The summed E-state index contributed by atoms with van der Waals surface area (Å²) in [5.74, 6) is 0. The van der Waals surface area contributed by atoms with Crippen LogP contribution in [0.1, 0.15) is 99.8 Å². The molecular formula is C18H40ClN. The number of hydrogen-bond donors (Lipinski definition) is 1. The smallest absolute Gasteiger partial charge is 0.0945 e. The third kappa shape index (κ3) is 6.80. The van der Waals surface area contributed by atoms with Crippen molar-refractivity contribution in [3.63, 3.8) is 0 Å². The molecule has 1 nitrogen and oxygen atoms in total. The standard InChI is InChI=1S/C18H39N.ClH/c1-8-9-10-11-12-13-14-15-16(2,3)17(4,5)18(6,7)19;/h8-15,19H2,1-7H3;1H. The lowest BCUT2D eigenvalue weighted by molar-refractivity contribution is -0.501. The molecule has 0 radical (unpaired) electrons. The fraction of sp³-hybridized carbons (Fsp3) is 1.00. The third-order valence-corrected chi connectivity index (χ3v) is 5.79. The molecule has 0 aromatic carbocycles. The maximum Gasteiger partial charge on any atom is 0.0945 e. The molecule has 0 bridgehead atoms. The van der Waals surface area contributed by atoms with Crippen LogP contribution in [0, 0.1) is 10.8 Å². The summed E-state index contributed by atoms with van der Waals surface area (Å²) in [6.45, 7) is 16.5. The minimum absolute atomic E-state index is 0. The van der Waals surface area contributed by atoms with E-state index < -0.39 is 0 Å². The van der Waals surface area contributed by atoms with Crippen molar-refractivity contribution in [1.29, 1.82) is 0 Å². The molecule has 0 spiro atoms. The van der Waals surface area contributed by atoms with Gasteiger partial charge in [-0.1, -0.05) is 79.6 Å². The SMILES string of the molecule is CCCCCCCCCC(C)(C)C(C)(C)C(C)(C)[NH3+].[Cl-]. The number of halogens is 1. The van der Waals surface area contributed by atoms with Gasteiger partial charge in [0.2, 0.25) is 0 Å². The fourth-order valence-electron chi connectivity index (χ4n) is 2.75. The monoisotopic (exact) mass is 305 g/mol. The molecule has 0 aliphatic heterocycles. The lowest BCUT2D eigenvalue weighted by Crippen LogP contribution is -3.00. The van der Waals surface area contributed by atoms with Crippen LogP contribution in [0.3, 0.4) is 0 Å². The highest BCUT2D eigenvalue weighted by Crippen LogP contribution is 2.47. The van der Waals surface area contributed by atoms with Crippen LogP contribution in [0.5, 0.6) is 0 Å². The lowest BCUT2D eigenvalue weighted by atomic mass is 9.57. The second-order valence-electron chi connectivity index (χ2n) is 8.26. The van der Waals surface area contributed by atoms with E-state index in [1.807, 2.05) is 0 Å². The number of quaternary nitrogens is 1. The van der Waals surface area contributed by atoms with Crippen molar-refractivity contribution in [2.75, 3.05) is 0 Å². The van der Waals surface area contributed by atoms with Crippen LogP contribution in [0.25, 0.3) is 0 Å². The van der Waals surface area contributed by atoms with E-state index in [0.717, 1.165) is 0 Å². The van der Waals surface area contributed by atoms with Crippen LogP contribution in [-0.4, -0.2) is 5.54 Å². The largest absolute Gasteiger partial charge is 1.00 e. The molecule has 0 saturated heterocycles. The molecular weight excluding hydrogens is 266 g/mol. The Labute approximate surface area is 134 Å². The Morgan fingerprint density at radius 1 is 0.700 bits per heavy atom. The minimum Gasteiger partial charge on any atom is -1.00 e. The quantitative estimate of drug-likeness (QED) is 0.599. The van der Waals surface area contributed by atoms with Gasteiger partial charge in [0.15, 0.2) is 0 Å². The molecule has 0 rings (SSSR count). The molecule has 0 aromatic rings. The summed E-state index contributed by atoms with van der Waals surface area (Å²) in [6, 6.07) is 0. The van der Waals surface area contributed by atoms with Gasteiger partial charge in [-0.3, -0.25) is 0 Å². The average molecular weight is 306 g/mol. The van der Waals surface area contributed by atoms with E-state index in [4.69, 9.17) is 0 Å². The second kappa shape index (κ2) is 9.30. The van der Waals surface area contributed by atoms with Crippen molar-refractivity contribution >= 4 is 0 Å². The summed E-state index contributed by atoms with van der Waals surface area (Å²) in [4.78, 5) is 0. The highest BCUT2D eigenvalue weighted by molar-refractivity contribution is 4.95.